The molecule has 2 aromatic rings. The Bertz CT molecular complexity index is 854. The van der Waals surface area contributed by atoms with E-state index >= 15 is 0 Å². The number of para-hydroxylation sites is 1. The van der Waals surface area contributed by atoms with E-state index in [1.807, 2.05) is 41.1 Å². The molecule has 2 fully saturated rings. The third-order valence-electron chi connectivity index (χ3n) is 5.35. The van der Waals surface area contributed by atoms with Gasteiger partial charge < -0.3 is 15.0 Å². The highest BCUT2D eigenvalue weighted by Gasteiger charge is 2.28. The van der Waals surface area contributed by atoms with E-state index in [0.717, 1.165) is 24.2 Å². The second kappa shape index (κ2) is 8.75. The number of carbonyl (C=O) groups excluding carboxylic acids is 2. The Morgan fingerprint density at radius 2 is 1.86 bits per heavy atom. The monoisotopic (exact) mass is 397 g/mol. The molecule has 0 spiro atoms. The first kappa shape index (κ1) is 19.6. The van der Waals surface area contributed by atoms with Crippen molar-refractivity contribution in [3.8, 4) is 5.69 Å². The maximum Gasteiger partial charge on any atom is 0.248 e. The van der Waals surface area contributed by atoms with Crippen LogP contribution >= 0.6 is 0 Å². The van der Waals surface area contributed by atoms with E-state index in [9.17, 15) is 9.59 Å². The van der Waals surface area contributed by atoms with Crippen LogP contribution in [-0.4, -0.2) is 77.8 Å². The summed E-state index contributed by atoms with van der Waals surface area (Å²) in [4.78, 5) is 28.4. The number of amides is 2. The van der Waals surface area contributed by atoms with E-state index in [4.69, 9.17) is 9.84 Å². The Labute approximate surface area is 170 Å². The summed E-state index contributed by atoms with van der Waals surface area (Å²) in [5.41, 5.74) is 1.97. The third kappa shape index (κ3) is 4.83. The highest BCUT2D eigenvalue weighted by atomic mass is 16.5. The van der Waals surface area contributed by atoms with Gasteiger partial charge in [0.1, 0.15) is 12.4 Å². The number of carbonyl (C=O) groups is 2. The predicted molar refractivity (Wildman–Crippen MR) is 109 cm³/mol. The summed E-state index contributed by atoms with van der Waals surface area (Å²) in [6, 6.07) is 11.8. The Morgan fingerprint density at radius 3 is 2.52 bits per heavy atom. The lowest BCUT2D eigenvalue weighted by molar-refractivity contribution is -0.137. The minimum atomic E-state index is -0.0684. The maximum absolute atomic E-state index is 12.7. The molecule has 2 aliphatic rings. The quantitative estimate of drug-likeness (QED) is 0.766. The second-order valence-corrected chi connectivity index (χ2v) is 7.61. The molecule has 0 bridgehead atoms. The number of ether oxygens (including phenoxy) is 1. The van der Waals surface area contributed by atoms with E-state index in [0.29, 0.717) is 44.5 Å². The van der Waals surface area contributed by atoms with Crippen molar-refractivity contribution in [1.82, 2.24) is 19.6 Å². The number of anilines is 1. The van der Waals surface area contributed by atoms with Crippen LogP contribution in [0.4, 0.5) is 5.82 Å². The third-order valence-corrected chi connectivity index (χ3v) is 5.35. The Morgan fingerprint density at radius 1 is 1.14 bits per heavy atom. The summed E-state index contributed by atoms with van der Waals surface area (Å²) in [5.74, 6) is 1.14. The zero-order valence-electron chi connectivity index (χ0n) is 16.7. The zero-order chi connectivity index (χ0) is 20.2. The Hall–Kier alpha value is -2.71. The van der Waals surface area contributed by atoms with Gasteiger partial charge in [0.15, 0.2) is 0 Å². The summed E-state index contributed by atoms with van der Waals surface area (Å²) in [7, 11) is 1.52. The summed E-state index contributed by atoms with van der Waals surface area (Å²) >= 11 is 0. The van der Waals surface area contributed by atoms with Crippen LogP contribution in [0.5, 0.6) is 0 Å². The number of hydrogen-bond donors (Lipinski definition) is 1. The van der Waals surface area contributed by atoms with Gasteiger partial charge in [-0.3, -0.25) is 14.5 Å². The van der Waals surface area contributed by atoms with Crippen molar-refractivity contribution in [1.29, 1.82) is 0 Å². The van der Waals surface area contributed by atoms with Gasteiger partial charge in [-0.25, -0.2) is 4.68 Å². The summed E-state index contributed by atoms with van der Waals surface area (Å²) in [5, 5.41) is 7.75. The van der Waals surface area contributed by atoms with Gasteiger partial charge >= 0.3 is 0 Å². The van der Waals surface area contributed by atoms with Gasteiger partial charge in [0.05, 0.1) is 17.9 Å². The van der Waals surface area contributed by atoms with Crippen LogP contribution in [0.15, 0.2) is 36.4 Å². The van der Waals surface area contributed by atoms with Gasteiger partial charge in [-0.05, 0) is 25.0 Å². The Balaban J connectivity index is 1.37. The number of nitrogens with one attached hydrogen (secondary N) is 1. The fourth-order valence-electron chi connectivity index (χ4n) is 3.59. The van der Waals surface area contributed by atoms with Crippen molar-refractivity contribution >= 4 is 17.6 Å². The summed E-state index contributed by atoms with van der Waals surface area (Å²) < 4.78 is 6.72. The van der Waals surface area contributed by atoms with E-state index in [2.05, 4.69) is 10.2 Å². The highest BCUT2D eigenvalue weighted by molar-refractivity contribution is 5.91. The number of aromatic nitrogens is 2. The minimum Gasteiger partial charge on any atom is -0.375 e. The fourth-order valence-corrected chi connectivity index (χ4v) is 3.59. The normalized spacial score (nSPS) is 17.3. The first-order chi connectivity index (χ1) is 14.1. The molecule has 1 N–H and O–H groups in total. The molecule has 4 rings (SSSR count). The molecule has 0 radical (unpaired) electrons. The van der Waals surface area contributed by atoms with Crippen molar-refractivity contribution < 1.29 is 14.3 Å². The van der Waals surface area contributed by atoms with E-state index < -0.39 is 0 Å². The molecule has 8 nitrogen and oxygen atoms in total. The number of rotatable bonds is 7. The van der Waals surface area contributed by atoms with Crippen LogP contribution in [0.1, 0.15) is 24.5 Å². The summed E-state index contributed by atoms with van der Waals surface area (Å²) in [6.07, 6.45) is 2.32. The molecule has 1 saturated heterocycles. The van der Waals surface area contributed by atoms with Gasteiger partial charge in [-0.2, -0.15) is 5.10 Å². The van der Waals surface area contributed by atoms with Crippen molar-refractivity contribution in [3.63, 3.8) is 0 Å². The number of nitrogens with zero attached hydrogens (tertiary/aromatic N) is 4. The molecule has 154 valence electrons. The molecule has 1 aliphatic heterocycles. The molecule has 1 saturated carbocycles. The van der Waals surface area contributed by atoms with E-state index in [1.54, 1.807) is 4.90 Å². The van der Waals surface area contributed by atoms with Crippen molar-refractivity contribution in [2.24, 2.45) is 0 Å². The van der Waals surface area contributed by atoms with Crippen LogP contribution in [0.25, 0.3) is 5.69 Å². The molecule has 0 atom stereocenters. The molecule has 2 heterocycles. The standard InChI is InChI=1S/C21H27N5O3/c1-29-15-21(28)25-11-9-24(10-12-25)14-20(27)22-19-13-18(16-7-8-16)23-26(19)17-5-3-2-4-6-17/h2-6,13,16H,7-12,14-15H2,1H3,(H,22,27). The lowest BCUT2D eigenvalue weighted by Gasteiger charge is -2.34. The topological polar surface area (TPSA) is 79.7 Å². The molecular formula is C21H27N5O3. The largest absolute Gasteiger partial charge is 0.375 e. The van der Waals surface area contributed by atoms with Crippen LogP contribution in [0.2, 0.25) is 0 Å². The minimum absolute atomic E-state index is 0.00373. The average molecular weight is 397 g/mol. The number of hydrogen-bond acceptors (Lipinski definition) is 5. The van der Waals surface area contributed by atoms with E-state index in [1.165, 1.54) is 7.11 Å². The van der Waals surface area contributed by atoms with Crippen LogP contribution in [-0.2, 0) is 14.3 Å². The smallest absolute Gasteiger partial charge is 0.248 e. The summed E-state index contributed by atoms with van der Waals surface area (Å²) in [6.45, 7) is 2.98. The molecule has 2 amide bonds. The van der Waals surface area contributed by atoms with E-state index in [-0.39, 0.29) is 18.4 Å². The molecule has 1 aliphatic carbocycles. The first-order valence-corrected chi connectivity index (χ1v) is 10.1. The maximum atomic E-state index is 12.7. The SMILES string of the molecule is COCC(=O)N1CCN(CC(=O)Nc2cc(C3CC3)nn2-c2ccccc2)CC1. The van der Waals surface area contributed by atoms with Gasteiger partial charge in [0.2, 0.25) is 11.8 Å². The number of benzene rings is 1. The van der Waals surface area contributed by atoms with Crippen LogP contribution < -0.4 is 5.32 Å². The predicted octanol–water partition coefficient (Wildman–Crippen LogP) is 1.48. The zero-order valence-corrected chi connectivity index (χ0v) is 16.7. The van der Waals surface area contributed by atoms with Crippen molar-refractivity contribution in [2.75, 3.05) is 51.8 Å². The van der Waals surface area contributed by atoms with Gasteiger partial charge in [0.25, 0.3) is 0 Å². The average Bonchev–Trinajstić information content (AvgIpc) is 3.50. The lowest BCUT2D eigenvalue weighted by atomic mass is 10.3. The lowest BCUT2D eigenvalue weighted by Crippen LogP contribution is -2.51. The van der Waals surface area contributed by atoms with Gasteiger partial charge in [-0.15, -0.1) is 0 Å². The highest BCUT2D eigenvalue weighted by Crippen LogP contribution is 2.40. The second-order valence-electron chi connectivity index (χ2n) is 7.61. The van der Waals surface area contributed by atoms with Crippen LogP contribution in [0.3, 0.4) is 0 Å². The van der Waals surface area contributed by atoms with Gasteiger partial charge in [0, 0.05) is 45.3 Å². The fraction of sp³-hybridized carbons (Fsp3) is 0.476. The van der Waals surface area contributed by atoms with Crippen LogP contribution in [0, 0.1) is 0 Å². The first-order valence-electron chi connectivity index (χ1n) is 10.1. The molecule has 1 aromatic carbocycles. The molecule has 29 heavy (non-hydrogen) atoms. The molecular weight excluding hydrogens is 370 g/mol. The van der Waals surface area contributed by atoms with Crippen molar-refractivity contribution in [2.45, 2.75) is 18.8 Å². The molecule has 0 unspecified atom stereocenters. The number of piperazine rings is 1. The molecule has 8 heteroatoms. The Kier molecular flexibility index (Phi) is 5.92. The van der Waals surface area contributed by atoms with Crippen molar-refractivity contribution in [3.05, 3.63) is 42.1 Å². The number of methoxy groups -OCH3 is 1. The van der Waals surface area contributed by atoms with Gasteiger partial charge in [-0.1, -0.05) is 18.2 Å². The molecule has 1 aromatic heterocycles.